The molecule has 2 rings (SSSR count). The highest BCUT2D eigenvalue weighted by molar-refractivity contribution is 14.1. The van der Waals surface area contributed by atoms with E-state index >= 15 is 0 Å². The van der Waals surface area contributed by atoms with Crippen molar-refractivity contribution in [3.05, 3.63) is 19.9 Å². The Morgan fingerprint density at radius 2 is 2.21 bits per heavy atom. The van der Waals surface area contributed by atoms with Crippen LogP contribution >= 0.6 is 45.3 Å². The second-order valence-corrected chi connectivity index (χ2v) is 5.80. The molecule has 0 spiro atoms. The van der Waals surface area contributed by atoms with Crippen molar-refractivity contribution in [3.63, 3.8) is 0 Å². The molecule has 0 bridgehead atoms. The molecule has 14 heavy (non-hydrogen) atoms. The molecule has 0 aliphatic rings. The molecule has 0 N–H and O–H groups in total. The van der Waals surface area contributed by atoms with Crippen LogP contribution in [0.3, 0.4) is 0 Å². The molecule has 0 fully saturated rings. The first-order valence-corrected chi connectivity index (χ1v) is 6.89. The quantitative estimate of drug-likeness (QED) is 0.616. The SMILES string of the molecule is CCOC(=O)c1csc2scc(I)c12. The van der Waals surface area contributed by atoms with Crippen molar-refractivity contribution in [3.8, 4) is 0 Å². The van der Waals surface area contributed by atoms with Gasteiger partial charge >= 0.3 is 5.97 Å². The predicted molar refractivity (Wildman–Crippen MR) is 68.4 cm³/mol. The van der Waals surface area contributed by atoms with Gasteiger partial charge in [-0.15, -0.1) is 22.7 Å². The van der Waals surface area contributed by atoms with Crippen LogP contribution in [0, 0.1) is 3.57 Å². The summed E-state index contributed by atoms with van der Waals surface area (Å²) < 4.78 is 7.31. The number of fused-ring (bicyclic) bond motifs is 1. The number of rotatable bonds is 2. The van der Waals surface area contributed by atoms with E-state index in [9.17, 15) is 4.79 Å². The molecule has 0 aliphatic carbocycles. The molecule has 0 amide bonds. The van der Waals surface area contributed by atoms with Crippen molar-refractivity contribution < 1.29 is 9.53 Å². The molecule has 0 saturated heterocycles. The van der Waals surface area contributed by atoms with Crippen LogP contribution in [0.4, 0.5) is 0 Å². The van der Waals surface area contributed by atoms with Gasteiger partial charge in [-0.05, 0) is 29.5 Å². The summed E-state index contributed by atoms with van der Waals surface area (Å²) in [7, 11) is 0. The van der Waals surface area contributed by atoms with Crippen LogP contribution in [0.2, 0.25) is 0 Å². The highest BCUT2D eigenvalue weighted by Crippen LogP contribution is 2.35. The second kappa shape index (κ2) is 4.16. The van der Waals surface area contributed by atoms with E-state index in [1.807, 2.05) is 12.3 Å². The Morgan fingerprint density at radius 3 is 2.93 bits per heavy atom. The Morgan fingerprint density at radius 1 is 1.50 bits per heavy atom. The number of thiophene rings is 2. The molecule has 0 saturated carbocycles. The summed E-state index contributed by atoms with van der Waals surface area (Å²) in [6, 6.07) is 0. The third-order valence-electron chi connectivity index (χ3n) is 1.76. The Bertz CT molecular complexity index is 472. The molecule has 2 nitrogen and oxygen atoms in total. The number of ether oxygens (including phenoxy) is 1. The summed E-state index contributed by atoms with van der Waals surface area (Å²) in [6.45, 7) is 2.25. The zero-order valence-corrected chi connectivity index (χ0v) is 11.2. The number of esters is 1. The third-order valence-corrected chi connectivity index (χ3v) is 5.16. The van der Waals surface area contributed by atoms with E-state index in [0.29, 0.717) is 12.2 Å². The van der Waals surface area contributed by atoms with E-state index < -0.39 is 0 Å². The van der Waals surface area contributed by atoms with Gasteiger partial charge in [-0.2, -0.15) is 0 Å². The molecular formula is C9H7IO2S2. The van der Waals surface area contributed by atoms with E-state index in [2.05, 4.69) is 28.0 Å². The van der Waals surface area contributed by atoms with Crippen LogP contribution in [-0.2, 0) is 4.74 Å². The van der Waals surface area contributed by atoms with Gasteiger partial charge in [-0.1, -0.05) is 0 Å². The van der Waals surface area contributed by atoms with Crippen LogP contribution in [-0.4, -0.2) is 12.6 Å². The third kappa shape index (κ3) is 1.68. The van der Waals surface area contributed by atoms with Crippen LogP contribution < -0.4 is 0 Å². The first-order valence-electron chi connectivity index (χ1n) is 4.05. The maximum Gasteiger partial charge on any atom is 0.339 e. The van der Waals surface area contributed by atoms with Crippen molar-refractivity contribution in [2.45, 2.75) is 6.92 Å². The lowest BCUT2D eigenvalue weighted by molar-refractivity contribution is 0.0529. The average Bonchev–Trinajstić information content (AvgIpc) is 2.70. The zero-order chi connectivity index (χ0) is 10.1. The predicted octanol–water partition coefficient (Wildman–Crippen LogP) is 3.74. The van der Waals surface area contributed by atoms with Crippen molar-refractivity contribution >= 4 is 60.6 Å². The van der Waals surface area contributed by atoms with Gasteiger partial charge in [0.1, 0.15) is 0 Å². The largest absolute Gasteiger partial charge is 0.462 e. The van der Waals surface area contributed by atoms with Gasteiger partial charge in [-0.25, -0.2) is 4.79 Å². The summed E-state index contributed by atoms with van der Waals surface area (Å²) in [5.41, 5.74) is 0.706. The summed E-state index contributed by atoms with van der Waals surface area (Å²) in [4.78, 5) is 11.6. The topological polar surface area (TPSA) is 26.3 Å². The molecule has 0 unspecified atom stereocenters. The van der Waals surface area contributed by atoms with Crippen molar-refractivity contribution in [1.82, 2.24) is 0 Å². The van der Waals surface area contributed by atoms with E-state index in [1.54, 1.807) is 22.7 Å². The smallest absolute Gasteiger partial charge is 0.339 e. The fourth-order valence-electron chi connectivity index (χ4n) is 1.18. The van der Waals surface area contributed by atoms with Gasteiger partial charge in [-0.3, -0.25) is 0 Å². The Hall–Kier alpha value is -0.140. The van der Waals surface area contributed by atoms with Crippen molar-refractivity contribution in [2.75, 3.05) is 6.61 Å². The number of carbonyl (C=O) groups excluding carboxylic acids is 1. The lowest BCUT2D eigenvalue weighted by Gasteiger charge is -1.98. The second-order valence-electron chi connectivity index (χ2n) is 2.62. The molecule has 0 aliphatic heterocycles. The maximum atomic E-state index is 11.6. The van der Waals surface area contributed by atoms with E-state index in [4.69, 9.17) is 4.74 Å². The van der Waals surface area contributed by atoms with Crippen molar-refractivity contribution in [2.24, 2.45) is 0 Å². The minimum absolute atomic E-state index is 0.213. The molecule has 0 aromatic carbocycles. The highest BCUT2D eigenvalue weighted by atomic mass is 127. The average molecular weight is 338 g/mol. The summed E-state index contributed by atoms with van der Waals surface area (Å²) in [6.07, 6.45) is 0. The number of halogens is 1. The van der Waals surface area contributed by atoms with Crippen LogP contribution in [0.5, 0.6) is 0 Å². The van der Waals surface area contributed by atoms with Gasteiger partial charge in [0.05, 0.1) is 16.2 Å². The van der Waals surface area contributed by atoms with Crippen molar-refractivity contribution in [1.29, 1.82) is 0 Å². The van der Waals surface area contributed by atoms with Crippen LogP contribution in [0.1, 0.15) is 17.3 Å². The monoisotopic (exact) mass is 338 g/mol. The molecular weight excluding hydrogens is 331 g/mol. The molecule has 2 aromatic rings. The fraction of sp³-hybridized carbons (Fsp3) is 0.222. The standard InChI is InChI=1S/C9H7IO2S2/c1-2-12-8(11)5-3-13-9-7(5)6(10)4-14-9/h3-4H,2H2,1H3. The summed E-state index contributed by atoms with van der Waals surface area (Å²) in [5, 5.41) is 4.99. The number of hydrogen-bond acceptors (Lipinski definition) is 4. The van der Waals surface area contributed by atoms with Gasteiger partial charge in [0.2, 0.25) is 0 Å². The lowest BCUT2D eigenvalue weighted by atomic mass is 10.2. The molecule has 0 atom stereocenters. The van der Waals surface area contributed by atoms with E-state index in [0.717, 1.165) is 8.96 Å². The minimum Gasteiger partial charge on any atom is -0.462 e. The van der Waals surface area contributed by atoms with Gasteiger partial charge in [0, 0.05) is 19.7 Å². The maximum absolute atomic E-state index is 11.6. The lowest BCUT2D eigenvalue weighted by Crippen LogP contribution is -2.03. The summed E-state index contributed by atoms with van der Waals surface area (Å²) >= 11 is 5.52. The van der Waals surface area contributed by atoms with E-state index in [-0.39, 0.29) is 5.97 Å². The molecule has 2 aromatic heterocycles. The van der Waals surface area contributed by atoms with Gasteiger partial charge in [0.25, 0.3) is 0 Å². The Balaban J connectivity index is 2.51. The number of carbonyl (C=O) groups is 1. The normalized spacial score (nSPS) is 10.7. The zero-order valence-electron chi connectivity index (χ0n) is 7.37. The van der Waals surface area contributed by atoms with Crippen LogP contribution in [0.15, 0.2) is 10.8 Å². The number of hydrogen-bond donors (Lipinski definition) is 0. The fourth-order valence-corrected chi connectivity index (χ4v) is 4.44. The minimum atomic E-state index is -0.213. The molecule has 0 radical (unpaired) electrons. The van der Waals surface area contributed by atoms with Crippen LogP contribution in [0.25, 0.3) is 9.40 Å². The van der Waals surface area contributed by atoms with E-state index in [1.165, 1.54) is 4.01 Å². The molecule has 5 heteroatoms. The Labute approximate surface area is 103 Å². The first-order chi connectivity index (χ1) is 6.74. The highest BCUT2D eigenvalue weighted by Gasteiger charge is 2.16. The Kier molecular flexibility index (Phi) is 3.08. The molecule has 2 heterocycles. The summed E-state index contributed by atoms with van der Waals surface area (Å²) in [5.74, 6) is -0.213. The van der Waals surface area contributed by atoms with Gasteiger partial charge in [0.15, 0.2) is 0 Å². The van der Waals surface area contributed by atoms with Gasteiger partial charge < -0.3 is 4.74 Å². The first kappa shape index (κ1) is 10.4. The molecule has 74 valence electrons.